The van der Waals surface area contributed by atoms with Gasteiger partial charge in [0.1, 0.15) is 10.7 Å². The standard InChI is InChI=1S/C18H19ClN2OS/c1-5-18(2,3)21-16(22)15-11-10-14(17(20-15)23-4)12-6-8-13(19)9-7-12/h5-11H,2H2,1,3-4H3,(H,21,22). The molecular weight excluding hydrogens is 328 g/mol. The van der Waals surface area contributed by atoms with Gasteiger partial charge in [-0.2, -0.15) is 0 Å². The number of aromatic nitrogens is 1. The van der Waals surface area contributed by atoms with Gasteiger partial charge in [-0.05, 0) is 56.4 Å². The molecule has 0 saturated heterocycles. The van der Waals surface area contributed by atoms with E-state index in [2.05, 4.69) is 17.2 Å². The number of thioether (sulfide) groups is 1. The lowest BCUT2D eigenvalue weighted by Crippen LogP contribution is -2.43. The fourth-order valence-corrected chi connectivity index (χ4v) is 2.69. The number of benzene rings is 1. The van der Waals surface area contributed by atoms with Crippen LogP contribution < -0.4 is 5.32 Å². The van der Waals surface area contributed by atoms with E-state index in [1.165, 1.54) is 11.8 Å². The number of hydrogen-bond donors (Lipinski definition) is 1. The second-order valence-electron chi connectivity index (χ2n) is 5.42. The Morgan fingerprint density at radius 2 is 1.96 bits per heavy atom. The number of hydrogen-bond acceptors (Lipinski definition) is 3. The monoisotopic (exact) mass is 346 g/mol. The zero-order chi connectivity index (χ0) is 17.0. The van der Waals surface area contributed by atoms with Crippen LogP contribution in [0.25, 0.3) is 11.1 Å². The van der Waals surface area contributed by atoms with Crippen molar-refractivity contribution in [2.45, 2.75) is 24.4 Å². The number of carbonyl (C=O) groups is 1. The summed E-state index contributed by atoms with van der Waals surface area (Å²) in [4.78, 5) is 16.8. The molecular formula is C18H19ClN2OS. The largest absolute Gasteiger partial charge is 0.345 e. The first kappa shape index (κ1) is 17.8. The number of carbonyl (C=O) groups excluding carboxylic acids is 1. The van der Waals surface area contributed by atoms with Crippen LogP contribution in [0, 0.1) is 13.3 Å². The van der Waals surface area contributed by atoms with E-state index < -0.39 is 5.54 Å². The van der Waals surface area contributed by atoms with Crippen LogP contribution in [-0.2, 0) is 0 Å². The van der Waals surface area contributed by atoms with Crippen molar-refractivity contribution in [3.05, 3.63) is 60.5 Å². The van der Waals surface area contributed by atoms with E-state index in [1.54, 1.807) is 6.07 Å². The molecule has 2 aromatic rings. The van der Waals surface area contributed by atoms with Crippen molar-refractivity contribution in [2.75, 3.05) is 6.26 Å². The molecule has 0 bridgehead atoms. The first-order chi connectivity index (χ1) is 10.9. The number of nitrogens with one attached hydrogen (secondary N) is 1. The Morgan fingerprint density at radius 1 is 1.30 bits per heavy atom. The molecule has 0 aliphatic rings. The highest BCUT2D eigenvalue weighted by molar-refractivity contribution is 7.98. The first-order valence-corrected chi connectivity index (χ1v) is 8.76. The Balaban J connectivity index is 2.33. The van der Waals surface area contributed by atoms with Gasteiger partial charge < -0.3 is 5.32 Å². The molecule has 3 nitrogen and oxygen atoms in total. The molecule has 5 heteroatoms. The van der Waals surface area contributed by atoms with Crippen LogP contribution in [0.2, 0.25) is 5.02 Å². The second-order valence-corrected chi connectivity index (χ2v) is 6.65. The lowest BCUT2D eigenvalue weighted by Gasteiger charge is -2.23. The molecule has 0 aliphatic carbocycles. The van der Waals surface area contributed by atoms with Gasteiger partial charge in [0.25, 0.3) is 5.91 Å². The van der Waals surface area contributed by atoms with Crippen LogP contribution >= 0.6 is 23.4 Å². The molecule has 0 fully saturated rings. The van der Waals surface area contributed by atoms with E-state index in [0.29, 0.717) is 10.7 Å². The fraction of sp³-hybridized carbons (Fsp3) is 0.222. The summed E-state index contributed by atoms with van der Waals surface area (Å²) >= 11 is 7.43. The van der Waals surface area contributed by atoms with Crippen molar-refractivity contribution in [1.29, 1.82) is 0 Å². The highest BCUT2D eigenvalue weighted by Gasteiger charge is 2.21. The Labute approximate surface area is 146 Å². The minimum Gasteiger partial charge on any atom is -0.345 e. The number of amides is 1. The molecule has 23 heavy (non-hydrogen) atoms. The van der Waals surface area contributed by atoms with Gasteiger partial charge in [-0.3, -0.25) is 4.79 Å². The van der Waals surface area contributed by atoms with E-state index in [4.69, 9.17) is 11.6 Å². The normalized spacial score (nSPS) is 11.3. The molecule has 1 aromatic carbocycles. The average molecular weight is 347 g/mol. The minimum absolute atomic E-state index is 0.237. The predicted molar refractivity (Wildman–Crippen MR) is 97.7 cm³/mol. The first-order valence-electron chi connectivity index (χ1n) is 7.15. The maximum atomic E-state index is 12.3. The molecule has 0 saturated carbocycles. The molecule has 2 radical (unpaired) electrons. The molecule has 120 valence electrons. The van der Waals surface area contributed by atoms with Crippen molar-refractivity contribution in [3.8, 4) is 11.1 Å². The summed E-state index contributed by atoms with van der Waals surface area (Å²) in [5, 5.41) is 4.33. The highest BCUT2D eigenvalue weighted by Crippen LogP contribution is 2.29. The van der Waals surface area contributed by atoms with Crippen molar-refractivity contribution < 1.29 is 4.79 Å². The second kappa shape index (κ2) is 7.37. The molecule has 1 atom stereocenters. The van der Waals surface area contributed by atoms with Crippen LogP contribution in [0.15, 0.2) is 41.4 Å². The summed E-state index contributed by atoms with van der Waals surface area (Å²) in [6.45, 7) is 7.63. The van der Waals surface area contributed by atoms with Gasteiger partial charge in [0.15, 0.2) is 0 Å². The van der Waals surface area contributed by atoms with Crippen LogP contribution in [0.4, 0.5) is 0 Å². The number of halogens is 1. The van der Waals surface area contributed by atoms with Crippen molar-refractivity contribution in [2.24, 2.45) is 0 Å². The third-order valence-electron chi connectivity index (χ3n) is 3.48. The predicted octanol–water partition coefficient (Wildman–Crippen LogP) is 4.67. The van der Waals surface area contributed by atoms with Crippen LogP contribution in [0.3, 0.4) is 0 Å². The van der Waals surface area contributed by atoms with Gasteiger partial charge in [0.2, 0.25) is 0 Å². The number of nitrogens with zero attached hydrogens (tertiary/aromatic N) is 1. The third kappa shape index (κ3) is 4.49. The highest BCUT2D eigenvalue weighted by atomic mass is 35.5. The van der Waals surface area contributed by atoms with Crippen molar-refractivity contribution in [3.63, 3.8) is 0 Å². The summed E-state index contributed by atoms with van der Waals surface area (Å²) in [6.07, 6.45) is 3.78. The minimum atomic E-state index is -0.618. The van der Waals surface area contributed by atoms with Gasteiger partial charge in [0, 0.05) is 16.1 Å². The SMILES string of the molecule is [CH2]C(C)([CH]C)NC(=O)c1ccc(-c2ccc(Cl)cc2)c(SC)n1. The fourth-order valence-electron chi connectivity index (χ4n) is 1.97. The smallest absolute Gasteiger partial charge is 0.270 e. The van der Waals surface area contributed by atoms with Gasteiger partial charge in [-0.25, -0.2) is 4.98 Å². The van der Waals surface area contributed by atoms with Crippen molar-refractivity contribution in [1.82, 2.24) is 10.3 Å². The summed E-state index contributed by atoms with van der Waals surface area (Å²) in [5.74, 6) is -0.237. The lowest BCUT2D eigenvalue weighted by atomic mass is 10.0. The van der Waals surface area contributed by atoms with Gasteiger partial charge in [-0.1, -0.05) is 30.7 Å². The van der Waals surface area contributed by atoms with Crippen LogP contribution in [-0.4, -0.2) is 22.7 Å². The Hall–Kier alpha value is -1.52. The number of pyridine rings is 1. The van der Waals surface area contributed by atoms with Crippen LogP contribution in [0.1, 0.15) is 24.3 Å². The summed E-state index contributed by atoms with van der Waals surface area (Å²) in [5.41, 5.74) is 1.75. The van der Waals surface area contributed by atoms with Gasteiger partial charge >= 0.3 is 0 Å². The third-order valence-corrected chi connectivity index (χ3v) is 4.43. The van der Waals surface area contributed by atoms with Crippen LogP contribution in [0.5, 0.6) is 0 Å². The van der Waals surface area contributed by atoms with E-state index >= 15 is 0 Å². The maximum absolute atomic E-state index is 12.3. The summed E-state index contributed by atoms with van der Waals surface area (Å²) in [7, 11) is 0. The van der Waals surface area contributed by atoms with Gasteiger partial charge in [-0.15, -0.1) is 11.8 Å². The summed E-state index contributed by atoms with van der Waals surface area (Å²) in [6, 6.07) is 11.2. The lowest BCUT2D eigenvalue weighted by molar-refractivity contribution is 0.0924. The molecule has 0 aliphatic heterocycles. The Bertz CT molecular complexity index is 699. The van der Waals surface area contributed by atoms with E-state index in [1.807, 2.05) is 56.9 Å². The molecule has 1 aromatic heterocycles. The Morgan fingerprint density at radius 3 is 2.52 bits per heavy atom. The molecule has 1 heterocycles. The molecule has 1 unspecified atom stereocenters. The molecule has 1 amide bonds. The average Bonchev–Trinajstić information content (AvgIpc) is 2.54. The molecule has 1 N–H and O–H groups in total. The summed E-state index contributed by atoms with van der Waals surface area (Å²) < 4.78 is 0. The number of rotatable bonds is 5. The molecule has 0 spiro atoms. The van der Waals surface area contributed by atoms with E-state index in [9.17, 15) is 4.79 Å². The zero-order valence-corrected chi connectivity index (χ0v) is 15.0. The Kier molecular flexibility index (Phi) is 5.71. The van der Waals surface area contributed by atoms with E-state index in [0.717, 1.165) is 16.2 Å². The van der Waals surface area contributed by atoms with Crippen molar-refractivity contribution >= 4 is 29.3 Å². The molecule has 2 rings (SSSR count). The van der Waals surface area contributed by atoms with E-state index in [-0.39, 0.29) is 5.91 Å². The zero-order valence-electron chi connectivity index (χ0n) is 13.4. The van der Waals surface area contributed by atoms with Gasteiger partial charge in [0.05, 0.1) is 0 Å². The topological polar surface area (TPSA) is 42.0 Å². The maximum Gasteiger partial charge on any atom is 0.270 e. The quantitative estimate of drug-likeness (QED) is 0.800.